The summed E-state index contributed by atoms with van der Waals surface area (Å²) in [6.45, 7) is -0.636. The minimum absolute atomic E-state index is 0.0926. The Kier molecular flexibility index (Phi) is 2.30. The molecule has 0 spiro atoms. The molecule has 0 saturated carbocycles. The van der Waals surface area contributed by atoms with Crippen molar-refractivity contribution in [2.24, 2.45) is 0 Å². The molecule has 64 valence electrons. The molecule has 0 unspecified atom stereocenters. The van der Waals surface area contributed by atoms with E-state index in [9.17, 15) is 4.79 Å². The van der Waals surface area contributed by atoms with Gasteiger partial charge in [0.05, 0.1) is 0 Å². The van der Waals surface area contributed by atoms with Crippen molar-refractivity contribution in [3.05, 3.63) is 23.8 Å². The lowest BCUT2D eigenvalue weighted by molar-refractivity contribution is 0.0903. The normalized spacial score (nSPS) is 9.75. The van der Waals surface area contributed by atoms with Gasteiger partial charge in [0.2, 0.25) is 0 Å². The van der Waals surface area contributed by atoms with Gasteiger partial charge in [-0.05, 0) is 12.1 Å². The molecule has 1 aromatic carbocycles. The van der Waals surface area contributed by atoms with Crippen molar-refractivity contribution in [3.63, 3.8) is 0 Å². The molecule has 1 rings (SSSR count). The first-order valence-corrected chi connectivity index (χ1v) is 3.30. The zero-order valence-corrected chi connectivity index (χ0v) is 6.19. The van der Waals surface area contributed by atoms with E-state index in [2.05, 4.69) is 0 Å². The fourth-order valence-electron chi connectivity index (χ4n) is 0.847. The molecule has 4 nitrogen and oxygen atoms in total. The van der Waals surface area contributed by atoms with Crippen LogP contribution in [0.15, 0.2) is 18.2 Å². The highest BCUT2D eigenvalue weighted by atomic mass is 16.3. The highest BCUT2D eigenvalue weighted by Gasteiger charge is 2.06. The van der Waals surface area contributed by atoms with E-state index in [4.69, 9.17) is 15.3 Å². The predicted octanol–water partition coefficient (Wildman–Crippen LogP) is 0.273. The Labute approximate surface area is 68.7 Å². The molecular weight excluding hydrogens is 160 g/mol. The molecule has 3 N–H and O–H groups in total. The maximum Gasteiger partial charge on any atom is 0.188 e. The zero-order valence-electron chi connectivity index (χ0n) is 6.19. The summed E-state index contributed by atoms with van der Waals surface area (Å²) in [5, 5.41) is 26.3. The van der Waals surface area contributed by atoms with Crippen molar-refractivity contribution < 1.29 is 20.1 Å². The van der Waals surface area contributed by atoms with Crippen LogP contribution in [0.3, 0.4) is 0 Å². The second-order valence-corrected chi connectivity index (χ2v) is 2.32. The summed E-state index contributed by atoms with van der Waals surface area (Å²) < 4.78 is 0. The van der Waals surface area contributed by atoms with Gasteiger partial charge in [-0.3, -0.25) is 4.79 Å². The Hall–Kier alpha value is -1.55. The molecular formula is C8H8O4. The molecule has 0 heterocycles. The third-order valence-electron chi connectivity index (χ3n) is 1.37. The lowest BCUT2D eigenvalue weighted by atomic mass is 10.1. The van der Waals surface area contributed by atoms with Crippen LogP contribution < -0.4 is 0 Å². The number of Topliss-reactive ketones (excluding diaryl/α,β-unsaturated/α-hetero) is 1. The highest BCUT2D eigenvalue weighted by Crippen LogP contribution is 2.20. The number of carbonyl (C=O) groups is 1. The Morgan fingerprint density at radius 1 is 1.17 bits per heavy atom. The number of aliphatic hydroxyl groups excluding tert-OH is 1. The van der Waals surface area contributed by atoms with Gasteiger partial charge in [0, 0.05) is 11.6 Å². The Morgan fingerprint density at radius 2 is 1.67 bits per heavy atom. The van der Waals surface area contributed by atoms with Gasteiger partial charge >= 0.3 is 0 Å². The number of phenolic OH excluding ortho intramolecular Hbond substituents is 2. The van der Waals surface area contributed by atoms with Crippen molar-refractivity contribution in [2.75, 3.05) is 6.61 Å². The predicted molar refractivity (Wildman–Crippen MR) is 41.2 cm³/mol. The third-order valence-corrected chi connectivity index (χ3v) is 1.37. The number of aliphatic hydroxyl groups is 1. The van der Waals surface area contributed by atoms with E-state index in [1.807, 2.05) is 0 Å². The van der Waals surface area contributed by atoms with Crippen LogP contribution in [0.5, 0.6) is 11.5 Å². The van der Waals surface area contributed by atoms with Gasteiger partial charge in [0.25, 0.3) is 0 Å². The minimum Gasteiger partial charge on any atom is -0.508 e. The number of aromatic hydroxyl groups is 2. The van der Waals surface area contributed by atoms with Crippen molar-refractivity contribution in [2.45, 2.75) is 0 Å². The van der Waals surface area contributed by atoms with Gasteiger partial charge in [0.1, 0.15) is 18.1 Å². The number of benzene rings is 1. The maximum atomic E-state index is 10.8. The summed E-state index contributed by atoms with van der Waals surface area (Å²) in [6, 6.07) is 3.46. The van der Waals surface area contributed by atoms with Crippen molar-refractivity contribution in [1.29, 1.82) is 0 Å². The van der Waals surface area contributed by atoms with E-state index in [0.717, 1.165) is 6.07 Å². The van der Waals surface area contributed by atoms with Crippen LogP contribution in [0.25, 0.3) is 0 Å². The molecule has 0 aliphatic rings. The van der Waals surface area contributed by atoms with E-state index in [1.165, 1.54) is 12.1 Å². The van der Waals surface area contributed by atoms with Gasteiger partial charge in [-0.1, -0.05) is 0 Å². The first kappa shape index (κ1) is 8.55. The lowest BCUT2D eigenvalue weighted by Gasteiger charge is -1.99. The van der Waals surface area contributed by atoms with Crippen molar-refractivity contribution in [1.82, 2.24) is 0 Å². The van der Waals surface area contributed by atoms with E-state index in [1.54, 1.807) is 0 Å². The van der Waals surface area contributed by atoms with Crippen LogP contribution in [0.2, 0.25) is 0 Å². The average Bonchev–Trinajstić information content (AvgIpc) is 2.01. The Bertz CT molecular complexity index is 286. The molecule has 4 heteroatoms. The van der Waals surface area contributed by atoms with Gasteiger partial charge in [0.15, 0.2) is 5.78 Å². The van der Waals surface area contributed by atoms with Crippen LogP contribution in [0, 0.1) is 0 Å². The van der Waals surface area contributed by atoms with E-state index in [0.29, 0.717) is 0 Å². The molecule has 0 bridgehead atoms. The van der Waals surface area contributed by atoms with Crippen LogP contribution in [-0.2, 0) is 0 Å². The number of ketones is 1. The maximum absolute atomic E-state index is 10.8. The summed E-state index contributed by atoms with van der Waals surface area (Å²) in [7, 11) is 0. The molecule has 0 aliphatic carbocycles. The molecule has 1 aromatic rings. The molecule has 12 heavy (non-hydrogen) atoms. The standard InChI is InChI=1S/C8H8O4/c9-4-8(12)5-1-6(10)3-7(11)2-5/h1-3,9-11H,4H2. The summed E-state index contributed by atoms with van der Waals surface area (Å²) in [5.74, 6) is -0.945. The Morgan fingerprint density at radius 3 is 2.08 bits per heavy atom. The van der Waals surface area contributed by atoms with Crippen molar-refractivity contribution >= 4 is 5.78 Å². The summed E-state index contributed by atoms with van der Waals surface area (Å²) >= 11 is 0. The molecule has 0 fully saturated rings. The van der Waals surface area contributed by atoms with E-state index in [-0.39, 0.29) is 17.1 Å². The van der Waals surface area contributed by atoms with Crippen LogP contribution >= 0.6 is 0 Å². The molecule has 0 amide bonds. The van der Waals surface area contributed by atoms with E-state index < -0.39 is 12.4 Å². The summed E-state index contributed by atoms with van der Waals surface area (Å²) in [6.07, 6.45) is 0. The summed E-state index contributed by atoms with van der Waals surface area (Å²) in [5.41, 5.74) is 0.0926. The number of hydrogen-bond donors (Lipinski definition) is 3. The third kappa shape index (κ3) is 1.73. The first-order chi connectivity index (χ1) is 5.63. The number of phenols is 2. The van der Waals surface area contributed by atoms with Crippen molar-refractivity contribution in [3.8, 4) is 11.5 Å². The van der Waals surface area contributed by atoms with Gasteiger partial charge in [-0.2, -0.15) is 0 Å². The van der Waals surface area contributed by atoms with E-state index >= 15 is 0 Å². The lowest BCUT2D eigenvalue weighted by Crippen LogP contribution is -2.03. The molecule has 0 atom stereocenters. The van der Waals surface area contributed by atoms with Crippen LogP contribution in [-0.4, -0.2) is 27.7 Å². The van der Waals surface area contributed by atoms with Gasteiger partial charge < -0.3 is 15.3 Å². The summed E-state index contributed by atoms with van der Waals surface area (Å²) in [4.78, 5) is 10.8. The highest BCUT2D eigenvalue weighted by molar-refractivity contribution is 5.97. The smallest absolute Gasteiger partial charge is 0.188 e. The van der Waals surface area contributed by atoms with Gasteiger partial charge in [-0.25, -0.2) is 0 Å². The minimum atomic E-state index is -0.636. The molecule has 0 saturated heterocycles. The number of rotatable bonds is 2. The second-order valence-electron chi connectivity index (χ2n) is 2.32. The SMILES string of the molecule is O=C(CO)c1cc(O)cc(O)c1. The second kappa shape index (κ2) is 3.23. The molecule has 0 aromatic heterocycles. The Balaban J connectivity index is 3.08. The number of hydrogen-bond acceptors (Lipinski definition) is 4. The molecule has 0 radical (unpaired) electrons. The zero-order chi connectivity index (χ0) is 9.14. The van der Waals surface area contributed by atoms with Crippen LogP contribution in [0.1, 0.15) is 10.4 Å². The fraction of sp³-hybridized carbons (Fsp3) is 0.125. The van der Waals surface area contributed by atoms with Gasteiger partial charge in [-0.15, -0.1) is 0 Å². The fourth-order valence-corrected chi connectivity index (χ4v) is 0.847. The first-order valence-electron chi connectivity index (χ1n) is 3.30. The number of carbonyl (C=O) groups excluding carboxylic acids is 1. The van der Waals surface area contributed by atoms with Crippen LogP contribution in [0.4, 0.5) is 0 Å². The topological polar surface area (TPSA) is 77.8 Å². The quantitative estimate of drug-likeness (QED) is 0.554. The molecule has 0 aliphatic heterocycles. The average molecular weight is 168 g/mol. The monoisotopic (exact) mass is 168 g/mol. The largest absolute Gasteiger partial charge is 0.508 e.